The fraction of sp³-hybridized carbons (Fsp3) is 0.0357. The number of para-hydroxylation sites is 1. The van der Waals surface area contributed by atoms with Crippen LogP contribution in [0.3, 0.4) is 0 Å². The van der Waals surface area contributed by atoms with Gasteiger partial charge in [0.05, 0.1) is 24.0 Å². The largest absolute Gasteiger partial charge is 0.275 e. The second-order valence-electron chi connectivity index (χ2n) is 7.94. The van der Waals surface area contributed by atoms with Gasteiger partial charge in [-0.15, -0.1) is 5.10 Å². The van der Waals surface area contributed by atoms with Gasteiger partial charge in [0, 0.05) is 18.0 Å². The Hall–Kier alpha value is -5.11. The normalized spacial score (nSPS) is 11.3. The Bertz CT molecular complexity index is 1490. The SMILES string of the molecule is O=C(N/N=C/C=C/c1cn(Cc2ccccc2)nn1)c1cn(-c2ccccc2)nc1-c1ccccc1. The lowest BCUT2D eigenvalue weighted by molar-refractivity contribution is 0.0955. The minimum Gasteiger partial charge on any atom is -0.267 e. The van der Waals surface area contributed by atoms with Gasteiger partial charge in [-0.2, -0.15) is 10.2 Å². The van der Waals surface area contributed by atoms with Gasteiger partial charge in [-0.25, -0.2) is 14.8 Å². The van der Waals surface area contributed by atoms with Crippen molar-refractivity contribution in [3.8, 4) is 16.9 Å². The summed E-state index contributed by atoms with van der Waals surface area (Å²) >= 11 is 0. The minimum absolute atomic E-state index is 0.352. The van der Waals surface area contributed by atoms with Crippen LogP contribution in [0.15, 0.2) is 115 Å². The van der Waals surface area contributed by atoms with Crippen LogP contribution in [-0.2, 0) is 6.54 Å². The van der Waals surface area contributed by atoms with Crippen molar-refractivity contribution in [3.63, 3.8) is 0 Å². The van der Waals surface area contributed by atoms with Crippen LogP contribution >= 0.6 is 0 Å². The molecule has 1 N–H and O–H groups in total. The molecule has 8 nitrogen and oxygen atoms in total. The number of hydrazone groups is 1. The highest BCUT2D eigenvalue weighted by atomic mass is 16.2. The monoisotopic (exact) mass is 473 g/mol. The first-order valence-corrected chi connectivity index (χ1v) is 11.4. The zero-order chi connectivity index (χ0) is 24.6. The standard InChI is InChI=1S/C28H23N7O/c36-28(31-29-18-10-15-24-20-34(33-30-24)19-22-11-4-1-5-12-22)26-21-35(25-16-8-3-9-17-25)32-27(26)23-13-6-2-7-14-23/h1-18,20-21H,19H2,(H,31,36)/b15-10+,29-18+. The summed E-state index contributed by atoms with van der Waals surface area (Å²) in [6.45, 7) is 0.645. The highest BCUT2D eigenvalue weighted by molar-refractivity contribution is 6.00. The Labute approximate surface area is 208 Å². The van der Waals surface area contributed by atoms with E-state index in [1.807, 2.05) is 97.2 Å². The first kappa shape index (κ1) is 22.7. The van der Waals surface area contributed by atoms with Crippen LogP contribution in [0, 0.1) is 0 Å². The van der Waals surface area contributed by atoms with E-state index in [-0.39, 0.29) is 5.91 Å². The lowest BCUT2D eigenvalue weighted by Crippen LogP contribution is -2.17. The fourth-order valence-corrected chi connectivity index (χ4v) is 3.64. The van der Waals surface area contributed by atoms with Crippen molar-refractivity contribution in [2.45, 2.75) is 6.54 Å². The Kier molecular flexibility index (Phi) is 6.85. The number of amides is 1. The maximum Gasteiger partial charge on any atom is 0.275 e. The van der Waals surface area contributed by atoms with Gasteiger partial charge in [0.15, 0.2) is 0 Å². The fourth-order valence-electron chi connectivity index (χ4n) is 3.64. The lowest BCUT2D eigenvalue weighted by atomic mass is 10.1. The number of allylic oxidation sites excluding steroid dienone is 1. The number of rotatable bonds is 8. The van der Waals surface area contributed by atoms with Crippen LogP contribution in [0.1, 0.15) is 21.6 Å². The molecular formula is C28H23N7O. The zero-order valence-electron chi connectivity index (χ0n) is 19.3. The van der Waals surface area contributed by atoms with Crippen molar-refractivity contribution in [3.05, 3.63) is 126 Å². The molecule has 3 aromatic carbocycles. The minimum atomic E-state index is -0.352. The summed E-state index contributed by atoms with van der Waals surface area (Å²) in [6.07, 6.45) is 8.52. The summed E-state index contributed by atoms with van der Waals surface area (Å²) in [5, 5.41) is 17.0. The van der Waals surface area contributed by atoms with E-state index in [0.29, 0.717) is 23.5 Å². The van der Waals surface area contributed by atoms with E-state index in [1.54, 1.807) is 27.7 Å². The van der Waals surface area contributed by atoms with Gasteiger partial charge < -0.3 is 0 Å². The number of hydrogen-bond acceptors (Lipinski definition) is 5. The van der Waals surface area contributed by atoms with E-state index < -0.39 is 0 Å². The molecule has 0 saturated carbocycles. The van der Waals surface area contributed by atoms with Crippen LogP contribution in [0.4, 0.5) is 0 Å². The predicted octanol–water partition coefficient (Wildman–Crippen LogP) is 4.61. The molecule has 0 unspecified atom stereocenters. The molecule has 2 heterocycles. The lowest BCUT2D eigenvalue weighted by Gasteiger charge is -2.01. The molecule has 5 aromatic rings. The van der Waals surface area contributed by atoms with E-state index in [9.17, 15) is 4.79 Å². The quantitative estimate of drug-likeness (QED) is 0.263. The molecule has 0 fully saturated rings. The van der Waals surface area contributed by atoms with Crippen molar-refractivity contribution in [1.29, 1.82) is 0 Å². The van der Waals surface area contributed by atoms with Crippen molar-refractivity contribution >= 4 is 18.2 Å². The Morgan fingerprint density at radius 3 is 2.33 bits per heavy atom. The highest BCUT2D eigenvalue weighted by Gasteiger charge is 2.18. The van der Waals surface area contributed by atoms with Gasteiger partial charge >= 0.3 is 0 Å². The molecule has 36 heavy (non-hydrogen) atoms. The molecule has 1 amide bonds. The third kappa shape index (κ3) is 5.51. The molecule has 8 heteroatoms. The van der Waals surface area contributed by atoms with Crippen LogP contribution < -0.4 is 5.43 Å². The van der Waals surface area contributed by atoms with Gasteiger partial charge in [-0.3, -0.25) is 4.79 Å². The van der Waals surface area contributed by atoms with E-state index >= 15 is 0 Å². The van der Waals surface area contributed by atoms with Crippen molar-refractivity contribution < 1.29 is 4.79 Å². The maximum absolute atomic E-state index is 13.0. The smallest absolute Gasteiger partial charge is 0.267 e. The van der Waals surface area contributed by atoms with Crippen LogP contribution in [-0.4, -0.2) is 36.9 Å². The Morgan fingerprint density at radius 2 is 1.58 bits per heavy atom. The van der Waals surface area contributed by atoms with Gasteiger partial charge in [0.1, 0.15) is 11.4 Å². The summed E-state index contributed by atoms with van der Waals surface area (Å²) in [4.78, 5) is 13.0. The molecule has 0 atom stereocenters. The molecule has 0 bridgehead atoms. The molecule has 0 saturated heterocycles. The first-order chi connectivity index (χ1) is 17.8. The average molecular weight is 474 g/mol. The number of nitrogens with one attached hydrogen (secondary N) is 1. The van der Waals surface area contributed by atoms with Crippen molar-refractivity contribution in [2.75, 3.05) is 0 Å². The number of hydrogen-bond donors (Lipinski definition) is 1. The number of aromatic nitrogens is 5. The summed E-state index contributed by atoms with van der Waals surface area (Å²) in [7, 11) is 0. The topological polar surface area (TPSA) is 90.0 Å². The van der Waals surface area contributed by atoms with E-state index in [4.69, 9.17) is 0 Å². The molecular weight excluding hydrogens is 450 g/mol. The summed E-state index contributed by atoms with van der Waals surface area (Å²) < 4.78 is 3.46. The highest BCUT2D eigenvalue weighted by Crippen LogP contribution is 2.23. The molecule has 0 aliphatic rings. The van der Waals surface area contributed by atoms with Crippen LogP contribution in [0.5, 0.6) is 0 Å². The number of carbonyl (C=O) groups is 1. The number of benzene rings is 3. The predicted molar refractivity (Wildman–Crippen MR) is 140 cm³/mol. The summed E-state index contributed by atoms with van der Waals surface area (Å²) in [6, 6.07) is 29.3. The van der Waals surface area contributed by atoms with Crippen LogP contribution in [0.2, 0.25) is 0 Å². The van der Waals surface area contributed by atoms with Crippen LogP contribution in [0.25, 0.3) is 23.0 Å². The zero-order valence-corrected chi connectivity index (χ0v) is 19.3. The van der Waals surface area contributed by atoms with E-state index in [0.717, 1.165) is 16.8 Å². The Morgan fingerprint density at radius 1 is 0.889 bits per heavy atom. The molecule has 0 aliphatic heterocycles. The van der Waals surface area contributed by atoms with Crippen molar-refractivity contribution in [1.82, 2.24) is 30.2 Å². The molecule has 0 spiro atoms. The molecule has 176 valence electrons. The van der Waals surface area contributed by atoms with E-state index in [1.165, 1.54) is 6.21 Å². The van der Waals surface area contributed by atoms with Gasteiger partial charge in [-0.1, -0.05) is 84.1 Å². The second-order valence-corrected chi connectivity index (χ2v) is 7.94. The molecule has 0 aliphatic carbocycles. The third-order valence-electron chi connectivity index (χ3n) is 5.36. The third-order valence-corrected chi connectivity index (χ3v) is 5.36. The molecule has 5 rings (SSSR count). The summed E-state index contributed by atoms with van der Waals surface area (Å²) in [5.74, 6) is -0.352. The first-order valence-electron chi connectivity index (χ1n) is 11.4. The average Bonchev–Trinajstić information content (AvgIpc) is 3.58. The van der Waals surface area contributed by atoms with Crippen molar-refractivity contribution in [2.24, 2.45) is 5.10 Å². The second kappa shape index (κ2) is 10.9. The Balaban J connectivity index is 1.26. The maximum atomic E-state index is 13.0. The van der Waals surface area contributed by atoms with E-state index in [2.05, 4.69) is 25.9 Å². The van der Waals surface area contributed by atoms with Gasteiger partial charge in [0.2, 0.25) is 0 Å². The molecule has 2 aromatic heterocycles. The number of carbonyl (C=O) groups excluding carboxylic acids is 1. The van der Waals surface area contributed by atoms with Gasteiger partial charge in [-0.05, 0) is 29.8 Å². The molecule has 0 radical (unpaired) electrons. The summed E-state index contributed by atoms with van der Waals surface area (Å²) in [5.41, 5.74) is 7.14. The van der Waals surface area contributed by atoms with Gasteiger partial charge in [0.25, 0.3) is 5.91 Å². The number of nitrogens with zero attached hydrogens (tertiary/aromatic N) is 6.